The molecule has 5 nitrogen and oxygen atoms in total. The molecule has 0 radical (unpaired) electrons. The number of benzene rings is 2. The van der Waals surface area contributed by atoms with E-state index in [1.54, 1.807) is 19.1 Å². The van der Waals surface area contributed by atoms with Crippen LogP contribution in [0.4, 0.5) is 5.69 Å². The molecule has 0 saturated carbocycles. The third kappa shape index (κ3) is 6.59. The molecular formula is C27H36N2O3. The number of carbonyl (C=O) groups excluding carboxylic acids is 2. The van der Waals surface area contributed by atoms with Crippen LogP contribution in [0.15, 0.2) is 48.5 Å². The first-order valence-corrected chi connectivity index (χ1v) is 12.0. The molecule has 1 atom stereocenters. The molecule has 3 rings (SSSR count). The molecule has 1 unspecified atom stereocenters. The molecule has 1 aliphatic rings. The lowest BCUT2D eigenvalue weighted by Crippen LogP contribution is -2.34. The zero-order valence-corrected chi connectivity index (χ0v) is 19.4. The Hall–Kier alpha value is -2.82. The van der Waals surface area contributed by atoms with Crippen LogP contribution in [0.1, 0.15) is 79.9 Å². The zero-order chi connectivity index (χ0) is 22.8. The molecule has 5 heteroatoms. The SMILES string of the molecule is CCCCC(NC(=O)Cc1ccc(C(=O)OCC)cc1)c1ccccc1N1CCCCC1. The molecule has 1 saturated heterocycles. The predicted octanol–water partition coefficient (Wildman–Crippen LogP) is 5.44. The van der Waals surface area contributed by atoms with Crippen LogP contribution in [0, 0.1) is 0 Å². The number of para-hydroxylation sites is 1. The first kappa shape index (κ1) is 23.8. The summed E-state index contributed by atoms with van der Waals surface area (Å²) in [4.78, 5) is 27.3. The van der Waals surface area contributed by atoms with Crippen LogP contribution in [0.2, 0.25) is 0 Å². The summed E-state index contributed by atoms with van der Waals surface area (Å²) >= 11 is 0. The monoisotopic (exact) mass is 436 g/mol. The van der Waals surface area contributed by atoms with Gasteiger partial charge in [-0.2, -0.15) is 0 Å². The van der Waals surface area contributed by atoms with E-state index in [0.29, 0.717) is 12.2 Å². The highest BCUT2D eigenvalue weighted by Gasteiger charge is 2.21. The third-order valence-corrected chi connectivity index (χ3v) is 6.02. The number of unbranched alkanes of at least 4 members (excludes halogenated alkanes) is 1. The number of rotatable bonds is 10. The van der Waals surface area contributed by atoms with Gasteiger partial charge in [0.25, 0.3) is 0 Å². The summed E-state index contributed by atoms with van der Waals surface area (Å²) in [6, 6.07) is 15.6. The third-order valence-electron chi connectivity index (χ3n) is 6.02. The van der Waals surface area contributed by atoms with Crippen LogP contribution in [0.5, 0.6) is 0 Å². The summed E-state index contributed by atoms with van der Waals surface area (Å²) in [6.45, 7) is 6.48. The van der Waals surface area contributed by atoms with Gasteiger partial charge in [-0.3, -0.25) is 4.79 Å². The van der Waals surface area contributed by atoms with Gasteiger partial charge < -0.3 is 15.0 Å². The molecule has 1 fully saturated rings. The van der Waals surface area contributed by atoms with E-state index in [1.165, 1.54) is 30.5 Å². The second-order valence-electron chi connectivity index (χ2n) is 8.46. The maximum Gasteiger partial charge on any atom is 0.338 e. The summed E-state index contributed by atoms with van der Waals surface area (Å²) in [7, 11) is 0. The van der Waals surface area contributed by atoms with E-state index in [-0.39, 0.29) is 24.3 Å². The van der Waals surface area contributed by atoms with Gasteiger partial charge in [0.1, 0.15) is 0 Å². The molecule has 2 aromatic carbocycles. The van der Waals surface area contributed by atoms with Crippen molar-refractivity contribution in [2.75, 3.05) is 24.6 Å². The molecule has 2 aromatic rings. The van der Waals surface area contributed by atoms with Gasteiger partial charge in [-0.25, -0.2) is 4.79 Å². The van der Waals surface area contributed by atoms with Crippen molar-refractivity contribution in [3.63, 3.8) is 0 Å². The van der Waals surface area contributed by atoms with Crippen LogP contribution in [-0.2, 0) is 16.0 Å². The molecule has 0 bridgehead atoms. The number of nitrogens with zero attached hydrogens (tertiary/aromatic N) is 1. The molecule has 0 aromatic heterocycles. The van der Waals surface area contributed by atoms with Gasteiger partial charge in [-0.15, -0.1) is 0 Å². The first-order valence-electron chi connectivity index (χ1n) is 12.0. The van der Waals surface area contributed by atoms with E-state index in [1.807, 2.05) is 12.1 Å². The van der Waals surface area contributed by atoms with E-state index in [4.69, 9.17) is 4.74 Å². The second kappa shape index (κ2) is 12.3. The van der Waals surface area contributed by atoms with Crippen LogP contribution >= 0.6 is 0 Å². The Bertz CT molecular complexity index is 873. The topological polar surface area (TPSA) is 58.6 Å². The first-order chi connectivity index (χ1) is 15.6. The fraction of sp³-hybridized carbons (Fsp3) is 0.481. The Labute approximate surface area is 192 Å². The molecular weight excluding hydrogens is 400 g/mol. The standard InChI is InChI=1S/C27H36N2O3/c1-3-5-12-24(23-11-7-8-13-25(23)29-18-9-6-10-19-29)28-26(30)20-21-14-16-22(17-15-21)27(31)32-4-2/h7-8,11,13-17,24H,3-6,9-10,12,18-20H2,1-2H3,(H,28,30). The van der Waals surface area contributed by atoms with Gasteiger partial charge >= 0.3 is 5.97 Å². The van der Waals surface area contributed by atoms with Crippen molar-refractivity contribution >= 4 is 17.6 Å². The number of piperidine rings is 1. The molecule has 1 aliphatic heterocycles. The van der Waals surface area contributed by atoms with Gasteiger partial charge in [-0.05, 0) is 61.9 Å². The summed E-state index contributed by atoms with van der Waals surface area (Å²) in [5, 5.41) is 3.30. The average Bonchev–Trinajstić information content (AvgIpc) is 2.83. The molecule has 1 amide bonds. The Morgan fingerprint density at radius 3 is 2.41 bits per heavy atom. The summed E-state index contributed by atoms with van der Waals surface area (Å²) in [5.74, 6) is -0.333. The van der Waals surface area contributed by atoms with Crippen molar-refractivity contribution < 1.29 is 14.3 Å². The van der Waals surface area contributed by atoms with Crippen LogP contribution in [-0.4, -0.2) is 31.6 Å². The normalized spacial score (nSPS) is 14.6. The van der Waals surface area contributed by atoms with Crippen molar-refractivity contribution in [2.24, 2.45) is 0 Å². The quantitative estimate of drug-likeness (QED) is 0.504. The number of hydrogen-bond acceptors (Lipinski definition) is 4. The van der Waals surface area contributed by atoms with Gasteiger partial charge in [-0.1, -0.05) is 50.1 Å². The minimum atomic E-state index is -0.336. The molecule has 0 spiro atoms. The van der Waals surface area contributed by atoms with Crippen molar-refractivity contribution in [1.29, 1.82) is 0 Å². The lowest BCUT2D eigenvalue weighted by atomic mass is 9.97. The van der Waals surface area contributed by atoms with E-state index in [0.717, 1.165) is 37.9 Å². The molecule has 1 N–H and O–H groups in total. The van der Waals surface area contributed by atoms with Gasteiger partial charge in [0.05, 0.1) is 24.6 Å². The lowest BCUT2D eigenvalue weighted by molar-refractivity contribution is -0.121. The number of anilines is 1. The van der Waals surface area contributed by atoms with E-state index in [2.05, 4.69) is 41.4 Å². The highest BCUT2D eigenvalue weighted by atomic mass is 16.5. The van der Waals surface area contributed by atoms with Crippen molar-refractivity contribution in [1.82, 2.24) is 5.32 Å². The maximum absolute atomic E-state index is 13.0. The molecule has 172 valence electrons. The lowest BCUT2D eigenvalue weighted by Gasteiger charge is -2.33. The van der Waals surface area contributed by atoms with E-state index in [9.17, 15) is 9.59 Å². The number of hydrogen-bond donors (Lipinski definition) is 1. The van der Waals surface area contributed by atoms with Crippen LogP contribution < -0.4 is 10.2 Å². The fourth-order valence-electron chi connectivity index (χ4n) is 4.32. The minimum absolute atomic E-state index is 0.000572. The molecule has 1 heterocycles. The van der Waals surface area contributed by atoms with E-state index >= 15 is 0 Å². The van der Waals surface area contributed by atoms with Gasteiger partial charge in [0.15, 0.2) is 0 Å². The Morgan fingerprint density at radius 1 is 1.00 bits per heavy atom. The number of nitrogens with one attached hydrogen (secondary N) is 1. The van der Waals surface area contributed by atoms with Gasteiger partial charge in [0, 0.05) is 18.8 Å². The maximum atomic E-state index is 13.0. The van der Waals surface area contributed by atoms with Crippen molar-refractivity contribution in [3.05, 3.63) is 65.2 Å². The number of carbonyl (C=O) groups is 2. The minimum Gasteiger partial charge on any atom is -0.462 e. The van der Waals surface area contributed by atoms with Crippen molar-refractivity contribution in [3.8, 4) is 0 Å². The second-order valence-corrected chi connectivity index (χ2v) is 8.46. The van der Waals surface area contributed by atoms with E-state index < -0.39 is 0 Å². The van der Waals surface area contributed by atoms with Gasteiger partial charge in [0.2, 0.25) is 5.91 Å². The highest BCUT2D eigenvalue weighted by Crippen LogP contribution is 2.31. The smallest absolute Gasteiger partial charge is 0.338 e. The molecule has 0 aliphatic carbocycles. The zero-order valence-electron chi connectivity index (χ0n) is 19.4. The number of amides is 1. The van der Waals surface area contributed by atoms with Crippen molar-refractivity contribution in [2.45, 2.75) is 64.8 Å². The largest absolute Gasteiger partial charge is 0.462 e. The predicted molar refractivity (Wildman–Crippen MR) is 129 cm³/mol. The van der Waals surface area contributed by atoms with Crippen LogP contribution in [0.3, 0.4) is 0 Å². The highest BCUT2D eigenvalue weighted by molar-refractivity contribution is 5.89. The van der Waals surface area contributed by atoms with Crippen LogP contribution in [0.25, 0.3) is 0 Å². The Balaban J connectivity index is 1.71. The number of esters is 1. The number of ether oxygens (including phenoxy) is 1. The average molecular weight is 437 g/mol. The fourth-order valence-corrected chi connectivity index (χ4v) is 4.32. The Morgan fingerprint density at radius 2 is 1.72 bits per heavy atom. The summed E-state index contributed by atoms with van der Waals surface area (Å²) in [6.07, 6.45) is 7.11. The summed E-state index contributed by atoms with van der Waals surface area (Å²) < 4.78 is 5.03. The Kier molecular flexibility index (Phi) is 9.14. The summed E-state index contributed by atoms with van der Waals surface area (Å²) in [5.41, 5.74) is 3.86. The molecule has 32 heavy (non-hydrogen) atoms.